The van der Waals surface area contributed by atoms with Gasteiger partial charge in [0.2, 0.25) is 5.24 Å². The first-order valence-corrected chi connectivity index (χ1v) is 10.1. The molecule has 0 fully saturated rings. The van der Waals surface area contributed by atoms with Crippen molar-refractivity contribution in [2.75, 3.05) is 7.11 Å². The van der Waals surface area contributed by atoms with E-state index in [1.807, 2.05) is 18.2 Å². The van der Waals surface area contributed by atoms with Gasteiger partial charge in [-0.05, 0) is 53.5 Å². The van der Waals surface area contributed by atoms with E-state index in [0.29, 0.717) is 5.75 Å². The number of carbonyl (C=O) groups excluding carboxylic acids is 1. The summed E-state index contributed by atoms with van der Waals surface area (Å²) in [4.78, 5) is 10.8. The van der Waals surface area contributed by atoms with Crippen LogP contribution in [0, 0.1) is 0 Å². The van der Waals surface area contributed by atoms with Crippen molar-refractivity contribution in [2.45, 2.75) is 38.9 Å². The zero-order valence-electron chi connectivity index (χ0n) is 13.5. The van der Waals surface area contributed by atoms with Crippen LogP contribution in [0.15, 0.2) is 24.3 Å². The Labute approximate surface area is 133 Å². The quantitative estimate of drug-likeness (QED) is 0.440. The van der Waals surface area contributed by atoms with E-state index >= 15 is 0 Å². The average molecular weight is 327 g/mol. The molecule has 3 nitrogen and oxygen atoms in total. The standard InChI is InChI=1S/C16H23ClO3Si/c1-16(2,3)21(5,6)20-13-9-7-12(8-10-15(17)18)11-14(13)19-4/h7-11H,1-6H3/b10-8-. The van der Waals surface area contributed by atoms with Gasteiger partial charge in [0.1, 0.15) is 5.75 Å². The van der Waals surface area contributed by atoms with Crippen molar-refractivity contribution in [3.63, 3.8) is 0 Å². The Morgan fingerprint density at radius 1 is 1.24 bits per heavy atom. The van der Waals surface area contributed by atoms with Crippen LogP contribution >= 0.6 is 11.6 Å². The van der Waals surface area contributed by atoms with Crippen molar-refractivity contribution in [2.24, 2.45) is 0 Å². The van der Waals surface area contributed by atoms with Gasteiger partial charge >= 0.3 is 0 Å². The van der Waals surface area contributed by atoms with E-state index in [1.165, 1.54) is 6.08 Å². The molecule has 0 spiro atoms. The lowest BCUT2D eigenvalue weighted by atomic mass is 10.2. The minimum Gasteiger partial charge on any atom is -0.541 e. The Balaban J connectivity index is 3.07. The molecule has 0 atom stereocenters. The summed E-state index contributed by atoms with van der Waals surface area (Å²) in [7, 11) is -0.315. The second kappa shape index (κ2) is 6.67. The van der Waals surface area contributed by atoms with Crippen molar-refractivity contribution in [3.8, 4) is 11.5 Å². The summed E-state index contributed by atoms with van der Waals surface area (Å²) in [6, 6.07) is 5.58. The molecule has 0 N–H and O–H groups in total. The molecule has 0 aliphatic carbocycles. The van der Waals surface area contributed by atoms with Crippen LogP contribution in [0.2, 0.25) is 18.1 Å². The molecule has 21 heavy (non-hydrogen) atoms. The fourth-order valence-corrected chi connectivity index (χ4v) is 2.55. The highest BCUT2D eigenvalue weighted by atomic mass is 35.5. The van der Waals surface area contributed by atoms with Crippen molar-refractivity contribution in [1.29, 1.82) is 0 Å². The molecular formula is C16H23ClO3Si. The molecule has 0 heterocycles. The third-order valence-electron chi connectivity index (χ3n) is 3.77. The van der Waals surface area contributed by atoms with Crippen molar-refractivity contribution in [1.82, 2.24) is 0 Å². The molecule has 0 unspecified atom stereocenters. The SMILES string of the molecule is COc1cc(/C=C\C(=O)Cl)ccc1O[Si](C)(C)C(C)(C)C. The predicted molar refractivity (Wildman–Crippen MR) is 90.7 cm³/mol. The number of rotatable bonds is 5. The highest BCUT2D eigenvalue weighted by Gasteiger charge is 2.39. The minimum atomic E-state index is -1.92. The first-order chi connectivity index (χ1) is 9.56. The maximum atomic E-state index is 10.8. The maximum Gasteiger partial charge on any atom is 0.250 e. The van der Waals surface area contributed by atoms with E-state index in [2.05, 4.69) is 33.9 Å². The van der Waals surface area contributed by atoms with Crippen LogP contribution in [-0.2, 0) is 4.79 Å². The average Bonchev–Trinajstić information content (AvgIpc) is 2.35. The normalized spacial score (nSPS) is 12.5. The largest absolute Gasteiger partial charge is 0.541 e. The van der Waals surface area contributed by atoms with Crippen LogP contribution in [0.3, 0.4) is 0 Å². The van der Waals surface area contributed by atoms with Crippen LogP contribution in [0.4, 0.5) is 0 Å². The number of hydrogen-bond donors (Lipinski definition) is 0. The molecule has 5 heteroatoms. The second-order valence-electron chi connectivity index (χ2n) is 6.41. The smallest absolute Gasteiger partial charge is 0.250 e. The van der Waals surface area contributed by atoms with Gasteiger partial charge in [0.05, 0.1) is 7.11 Å². The fourth-order valence-electron chi connectivity index (χ4n) is 1.46. The Morgan fingerprint density at radius 2 is 1.86 bits per heavy atom. The van der Waals surface area contributed by atoms with E-state index in [0.717, 1.165) is 11.3 Å². The van der Waals surface area contributed by atoms with E-state index < -0.39 is 13.6 Å². The molecule has 1 aromatic carbocycles. The maximum absolute atomic E-state index is 10.8. The minimum absolute atomic E-state index is 0.113. The Kier molecular flexibility index (Phi) is 5.65. The van der Waals surface area contributed by atoms with E-state index in [9.17, 15) is 4.79 Å². The molecule has 0 saturated heterocycles. The molecule has 1 aromatic rings. The lowest BCUT2D eigenvalue weighted by Gasteiger charge is -2.36. The van der Waals surface area contributed by atoms with Crippen LogP contribution < -0.4 is 9.16 Å². The summed E-state index contributed by atoms with van der Waals surface area (Å²) in [6.45, 7) is 10.9. The molecule has 1 rings (SSSR count). The molecule has 116 valence electrons. The number of hydrogen-bond acceptors (Lipinski definition) is 3. The zero-order valence-corrected chi connectivity index (χ0v) is 15.2. The molecule has 0 aliphatic heterocycles. The van der Waals surface area contributed by atoms with Gasteiger partial charge in [-0.1, -0.05) is 32.9 Å². The topological polar surface area (TPSA) is 35.5 Å². The van der Waals surface area contributed by atoms with E-state index in [-0.39, 0.29) is 5.04 Å². The second-order valence-corrected chi connectivity index (χ2v) is 11.5. The van der Waals surface area contributed by atoms with Crippen molar-refractivity contribution >= 4 is 31.2 Å². The summed E-state index contributed by atoms with van der Waals surface area (Å²) >= 11 is 5.29. The third kappa shape index (κ3) is 4.90. The van der Waals surface area contributed by atoms with Gasteiger partial charge in [-0.3, -0.25) is 4.79 Å². The van der Waals surface area contributed by atoms with Crippen LogP contribution in [0.1, 0.15) is 26.3 Å². The number of methoxy groups -OCH3 is 1. The summed E-state index contributed by atoms with van der Waals surface area (Å²) in [5.74, 6) is 1.39. The number of benzene rings is 1. The van der Waals surface area contributed by atoms with Crippen LogP contribution in [0.25, 0.3) is 6.08 Å². The van der Waals surface area contributed by atoms with Crippen LogP contribution in [-0.4, -0.2) is 20.7 Å². The van der Waals surface area contributed by atoms with Gasteiger partial charge in [-0.2, -0.15) is 0 Å². The van der Waals surface area contributed by atoms with Crippen molar-refractivity contribution < 1.29 is 14.0 Å². The first kappa shape index (κ1) is 17.8. The molecule has 0 aromatic heterocycles. The number of allylic oxidation sites excluding steroid dienone is 1. The highest BCUT2D eigenvalue weighted by Crippen LogP contribution is 2.40. The van der Waals surface area contributed by atoms with E-state index in [1.54, 1.807) is 13.2 Å². The molecule has 0 amide bonds. The predicted octanol–water partition coefficient (Wildman–Crippen LogP) is 4.86. The summed E-state index contributed by atoms with van der Waals surface area (Å²) in [6.07, 6.45) is 2.96. The monoisotopic (exact) mass is 326 g/mol. The summed E-state index contributed by atoms with van der Waals surface area (Å²) in [5, 5.41) is -0.391. The third-order valence-corrected chi connectivity index (χ3v) is 8.23. The lowest BCUT2D eigenvalue weighted by Crippen LogP contribution is -2.43. The fraction of sp³-hybridized carbons (Fsp3) is 0.438. The Morgan fingerprint density at radius 3 is 2.33 bits per heavy atom. The van der Waals surface area contributed by atoms with Crippen LogP contribution in [0.5, 0.6) is 11.5 Å². The number of halogens is 1. The number of ether oxygens (including phenoxy) is 1. The first-order valence-electron chi connectivity index (χ1n) is 6.81. The molecule has 0 saturated carbocycles. The number of carbonyl (C=O) groups is 1. The molecule has 0 radical (unpaired) electrons. The highest BCUT2D eigenvalue weighted by molar-refractivity contribution is 6.74. The van der Waals surface area contributed by atoms with Gasteiger partial charge in [0, 0.05) is 0 Å². The van der Waals surface area contributed by atoms with Gasteiger partial charge in [0.25, 0.3) is 8.32 Å². The van der Waals surface area contributed by atoms with Gasteiger partial charge in [-0.15, -0.1) is 0 Å². The molecule has 0 aliphatic rings. The van der Waals surface area contributed by atoms with Crippen molar-refractivity contribution in [3.05, 3.63) is 29.8 Å². The Bertz CT molecular complexity index is 545. The molecular weight excluding hydrogens is 304 g/mol. The summed E-state index contributed by atoms with van der Waals surface area (Å²) < 4.78 is 11.7. The summed E-state index contributed by atoms with van der Waals surface area (Å²) in [5.41, 5.74) is 0.837. The van der Waals surface area contributed by atoms with E-state index in [4.69, 9.17) is 20.8 Å². The van der Waals surface area contributed by atoms with Gasteiger partial charge < -0.3 is 9.16 Å². The zero-order chi connectivity index (χ0) is 16.3. The lowest BCUT2D eigenvalue weighted by molar-refractivity contribution is -0.107. The Hall–Kier alpha value is -1.26. The van der Waals surface area contributed by atoms with Gasteiger partial charge in [-0.25, -0.2) is 0 Å². The van der Waals surface area contributed by atoms with Gasteiger partial charge in [0.15, 0.2) is 5.75 Å². The molecule has 0 bridgehead atoms.